The maximum atomic E-state index is 12.9. The molecule has 110 valence electrons. The van der Waals surface area contributed by atoms with E-state index in [0.717, 1.165) is 17.8 Å². The summed E-state index contributed by atoms with van der Waals surface area (Å²) in [6, 6.07) is 9.01. The Kier molecular flexibility index (Phi) is 2.97. The van der Waals surface area contributed by atoms with Crippen molar-refractivity contribution in [2.75, 3.05) is 6.54 Å². The lowest BCUT2D eigenvalue weighted by molar-refractivity contribution is -0.136. The Morgan fingerprint density at radius 1 is 1.27 bits per heavy atom. The monoisotopic (exact) mass is 292 g/mol. The van der Waals surface area contributed by atoms with Crippen molar-refractivity contribution in [3.63, 3.8) is 0 Å². The summed E-state index contributed by atoms with van der Waals surface area (Å²) >= 11 is 0. The zero-order valence-corrected chi connectivity index (χ0v) is 12.1. The maximum absolute atomic E-state index is 12.9. The molecule has 1 aromatic heterocycles. The number of fused-ring (bicyclic) bond motifs is 1. The fraction of sp³-hybridized carbons (Fsp3) is 0.353. The van der Waals surface area contributed by atoms with Crippen LogP contribution in [-0.2, 0) is 11.3 Å². The van der Waals surface area contributed by atoms with Crippen LogP contribution in [0.5, 0.6) is 0 Å². The molecule has 2 aliphatic rings. The minimum atomic E-state index is -0.363. The van der Waals surface area contributed by atoms with E-state index in [4.69, 9.17) is 5.26 Å². The highest BCUT2D eigenvalue weighted by molar-refractivity contribution is 5.84. The molecule has 2 aromatic rings. The number of nitriles is 1. The third-order valence-electron chi connectivity index (χ3n) is 4.45. The van der Waals surface area contributed by atoms with E-state index < -0.39 is 0 Å². The van der Waals surface area contributed by atoms with Crippen molar-refractivity contribution in [2.24, 2.45) is 5.92 Å². The van der Waals surface area contributed by atoms with Crippen LogP contribution in [0.1, 0.15) is 35.7 Å². The van der Waals surface area contributed by atoms with Crippen molar-refractivity contribution in [1.82, 2.24) is 14.5 Å². The van der Waals surface area contributed by atoms with Crippen LogP contribution in [0.25, 0.3) is 0 Å². The summed E-state index contributed by atoms with van der Waals surface area (Å²) in [5.41, 5.74) is 2.58. The number of nitrogens with zero attached hydrogens (tertiary/aromatic N) is 4. The van der Waals surface area contributed by atoms with Gasteiger partial charge in [0.1, 0.15) is 6.04 Å². The number of rotatable bonds is 3. The van der Waals surface area contributed by atoms with Gasteiger partial charge in [-0.15, -0.1) is 0 Å². The standard InChI is InChI=1S/C17H16N4O/c18-7-12-3-5-14(6-4-12)16-17(22)20(9-13-1-2-13)10-15-8-19-11-21(15)16/h3-6,8,11,13,16H,1-2,9-10H2. The molecule has 1 amide bonds. The van der Waals surface area contributed by atoms with E-state index in [-0.39, 0.29) is 11.9 Å². The smallest absolute Gasteiger partial charge is 0.250 e. The molecule has 0 N–H and O–H groups in total. The van der Waals surface area contributed by atoms with E-state index in [2.05, 4.69) is 11.1 Å². The van der Waals surface area contributed by atoms with Crippen molar-refractivity contribution < 1.29 is 4.79 Å². The van der Waals surface area contributed by atoms with Crippen LogP contribution in [0.15, 0.2) is 36.8 Å². The molecule has 22 heavy (non-hydrogen) atoms. The molecule has 5 nitrogen and oxygen atoms in total. The van der Waals surface area contributed by atoms with Gasteiger partial charge in [-0.1, -0.05) is 12.1 Å². The van der Waals surface area contributed by atoms with E-state index in [1.807, 2.05) is 27.8 Å². The highest BCUT2D eigenvalue weighted by atomic mass is 16.2. The number of aromatic nitrogens is 2. The zero-order valence-electron chi connectivity index (χ0n) is 12.1. The van der Waals surface area contributed by atoms with Crippen molar-refractivity contribution in [3.05, 3.63) is 53.6 Å². The average Bonchev–Trinajstić information content (AvgIpc) is 3.24. The predicted molar refractivity (Wildman–Crippen MR) is 79.7 cm³/mol. The minimum Gasteiger partial charge on any atom is -0.334 e. The van der Waals surface area contributed by atoms with Crippen molar-refractivity contribution in [3.8, 4) is 6.07 Å². The number of carbonyl (C=O) groups excluding carboxylic acids is 1. The summed E-state index contributed by atoms with van der Waals surface area (Å²) in [7, 11) is 0. The first-order valence-corrected chi connectivity index (χ1v) is 7.56. The SMILES string of the molecule is N#Cc1ccc(C2C(=O)N(CC3CC3)Cc3cncn32)cc1. The predicted octanol–water partition coefficient (Wildman–Crippen LogP) is 2.10. The largest absolute Gasteiger partial charge is 0.334 e. The molecule has 0 saturated heterocycles. The summed E-state index contributed by atoms with van der Waals surface area (Å²) in [6.07, 6.45) is 6.02. The van der Waals surface area contributed by atoms with Gasteiger partial charge in [-0.3, -0.25) is 4.79 Å². The van der Waals surface area contributed by atoms with E-state index in [1.54, 1.807) is 18.5 Å². The molecule has 1 aromatic carbocycles. The molecule has 1 unspecified atom stereocenters. The highest BCUT2D eigenvalue weighted by Gasteiger charge is 2.36. The first-order valence-electron chi connectivity index (χ1n) is 7.56. The van der Waals surface area contributed by atoms with Crippen molar-refractivity contribution in [2.45, 2.75) is 25.4 Å². The highest BCUT2D eigenvalue weighted by Crippen LogP contribution is 2.34. The van der Waals surface area contributed by atoms with Crippen molar-refractivity contribution in [1.29, 1.82) is 5.26 Å². The van der Waals surface area contributed by atoms with E-state index in [9.17, 15) is 4.79 Å². The van der Waals surface area contributed by atoms with Gasteiger partial charge in [0, 0.05) is 12.7 Å². The van der Waals surface area contributed by atoms with Gasteiger partial charge < -0.3 is 9.47 Å². The van der Waals surface area contributed by atoms with Gasteiger partial charge in [0.05, 0.1) is 30.2 Å². The zero-order chi connectivity index (χ0) is 15.1. The second-order valence-electron chi connectivity index (χ2n) is 6.09. The molecule has 1 atom stereocenters. The molecule has 1 fully saturated rings. The fourth-order valence-corrected chi connectivity index (χ4v) is 3.06. The maximum Gasteiger partial charge on any atom is 0.250 e. The fourth-order valence-electron chi connectivity index (χ4n) is 3.06. The van der Waals surface area contributed by atoms with Gasteiger partial charge >= 0.3 is 0 Å². The van der Waals surface area contributed by atoms with Crippen LogP contribution < -0.4 is 0 Å². The lowest BCUT2D eigenvalue weighted by atomic mass is 10.0. The summed E-state index contributed by atoms with van der Waals surface area (Å²) in [5.74, 6) is 0.794. The Bertz CT molecular complexity index is 752. The summed E-state index contributed by atoms with van der Waals surface area (Å²) in [4.78, 5) is 19.1. The topological polar surface area (TPSA) is 61.9 Å². The number of benzene rings is 1. The van der Waals surface area contributed by atoms with E-state index in [1.165, 1.54) is 12.8 Å². The van der Waals surface area contributed by atoms with E-state index >= 15 is 0 Å². The molecule has 0 bridgehead atoms. The summed E-state index contributed by atoms with van der Waals surface area (Å²) < 4.78 is 1.95. The normalized spacial score (nSPS) is 20.6. The minimum absolute atomic E-state index is 0.127. The molecule has 0 spiro atoms. The second-order valence-corrected chi connectivity index (χ2v) is 6.09. The molecule has 5 heteroatoms. The van der Waals surface area contributed by atoms with Gasteiger partial charge in [0.15, 0.2) is 0 Å². The average molecular weight is 292 g/mol. The third-order valence-corrected chi connectivity index (χ3v) is 4.45. The van der Waals surface area contributed by atoms with Crippen molar-refractivity contribution >= 4 is 5.91 Å². The van der Waals surface area contributed by atoms with Crippen LogP contribution in [0.4, 0.5) is 0 Å². The summed E-state index contributed by atoms with van der Waals surface area (Å²) in [5, 5.41) is 8.92. The molecule has 1 aliphatic heterocycles. The first kappa shape index (κ1) is 13.1. The van der Waals surface area contributed by atoms with Crippen LogP contribution in [0.2, 0.25) is 0 Å². The van der Waals surface area contributed by atoms with Crippen LogP contribution in [0.3, 0.4) is 0 Å². The Labute approximate surface area is 128 Å². The summed E-state index contributed by atoms with van der Waals surface area (Å²) in [6.45, 7) is 1.49. The van der Waals surface area contributed by atoms with Crippen LogP contribution in [0, 0.1) is 17.2 Å². The van der Waals surface area contributed by atoms with Gasteiger partial charge in [-0.2, -0.15) is 5.26 Å². The lowest BCUT2D eigenvalue weighted by Gasteiger charge is -2.34. The Balaban J connectivity index is 1.71. The molecule has 4 rings (SSSR count). The molecule has 0 radical (unpaired) electrons. The van der Waals surface area contributed by atoms with Crippen LogP contribution in [-0.4, -0.2) is 26.9 Å². The third kappa shape index (κ3) is 2.17. The van der Waals surface area contributed by atoms with Gasteiger partial charge in [-0.25, -0.2) is 4.98 Å². The Morgan fingerprint density at radius 3 is 2.73 bits per heavy atom. The molecule has 1 saturated carbocycles. The number of hydrogen-bond acceptors (Lipinski definition) is 3. The van der Waals surface area contributed by atoms with Gasteiger partial charge in [-0.05, 0) is 36.5 Å². The van der Waals surface area contributed by atoms with Gasteiger partial charge in [0.25, 0.3) is 5.91 Å². The number of imidazole rings is 1. The lowest BCUT2D eigenvalue weighted by Crippen LogP contribution is -2.43. The molecule has 2 heterocycles. The Morgan fingerprint density at radius 2 is 2.05 bits per heavy atom. The number of hydrogen-bond donors (Lipinski definition) is 0. The molecular weight excluding hydrogens is 276 g/mol. The number of amides is 1. The number of carbonyl (C=O) groups is 1. The van der Waals surface area contributed by atoms with Gasteiger partial charge in [0.2, 0.25) is 0 Å². The molecular formula is C17H16N4O. The first-order chi connectivity index (χ1) is 10.8. The second kappa shape index (κ2) is 4.99. The van der Waals surface area contributed by atoms with Crippen LogP contribution >= 0.6 is 0 Å². The molecule has 1 aliphatic carbocycles. The quantitative estimate of drug-likeness (QED) is 0.870. The Hall–Kier alpha value is -2.61. The van der Waals surface area contributed by atoms with E-state index in [0.29, 0.717) is 18.0 Å².